The Morgan fingerprint density at radius 2 is 2.05 bits per heavy atom. The van der Waals surface area contributed by atoms with Crippen LogP contribution in [-0.2, 0) is 4.79 Å². The Hall–Kier alpha value is -1.62. The summed E-state index contributed by atoms with van der Waals surface area (Å²) in [7, 11) is 0. The van der Waals surface area contributed by atoms with Gasteiger partial charge in [0.2, 0.25) is 0 Å². The Bertz CT molecular complexity index is 431. The van der Waals surface area contributed by atoms with Crippen LogP contribution in [0, 0.1) is 5.82 Å². The van der Waals surface area contributed by atoms with E-state index in [2.05, 4.69) is 0 Å². The third-order valence-corrected chi connectivity index (χ3v) is 2.91. The van der Waals surface area contributed by atoms with Crippen molar-refractivity contribution in [2.24, 2.45) is 0 Å². The van der Waals surface area contributed by atoms with Crippen LogP contribution in [0.1, 0.15) is 32.4 Å². The van der Waals surface area contributed by atoms with Gasteiger partial charge in [0.25, 0.3) is 5.91 Å². The molecule has 1 N–H and O–H groups in total. The summed E-state index contributed by atoms with van der Waals surface area (Å²) in [4.78, 5) is 13.3. The smallest absolute Gasteiger partial charge is 0.260 e. The number of rotatable bonds is 6. The van der Waals surface area contributed by atoms with Crippen molar-refractivity contribution in [2.45, 2.75) is 26.9 Å². The number of carbonyl (C=O) groups is 1. The molecule has 19 heavy (non-hydrogen) atoms. The number of benzene rings is 1. The molecule has 0 unspecified atom stereocenters. The van der Waals surface area contributed by atoms with Crippen molar-refractivity contribution in [3.63, 3.8) is 0 Å². The standard InChI is InChI=1S/C14H20FNO3/c1-4-16(5-2)14(18)9-19-13-7-6-11(10(3)17)8-12(13)15/h6-8,10,17H,4-5,9H2,1-3H3/t10-/m0/s1. The number of ether oxygens (including phenoxy) is 1. The molecule has 0 bridgehead atoms. The normalized spacial score (nSPS) is 12.1. The van der Waals surface area contributed by atoms with Gasteiger partial charge in [0.15, 0.2) is 18.2 Å². The Kier molecular flexibility index (Phi) is 5.76. The molecule has 0 heterocycles. The monoisotopic (exact) mass is 269 g/mol. The highest BCUT2D eigenvalue weighted by molar-refractivity contribution is 5.77. The molecule has 0 saturated carbocycles. The highest BCUT2D eigenvalue weighted by Gasteiger charge is 2.13. The minimum Gasteiger partial charge on any atom is -0.481 e. The number of aliphatic hydroxyl groups excluding tert-OH is 1. The van der Waals surface area contributed by atoms with Gasteiger partial charge in [-0.2, -0.15) is 0 Å². The maximum Gasteiger partial charge on any atom is 0.260 e. The molecule has 0 aliphatic rings. The average Bonchev–Trinajstić information content (AvgIpc) is 2.38. The Balaban J connectivity index is 2.66. The van der Waals surface area contributed by atoms with E-state index in [1.54, 1.807) is 17.9 Å². The Morgan fingerprint density at radius 1 is 1.42 bits per heavy atom. The molecule has 1 aromatic rings. The Morgan fingerprint density at radius 3 is 2.53 bits per heavy atom. The molecule has 0 fully saturated rings. The second kappa shape index (κ2) is 7.09. The largest absolute Gasteiger partial charge is 0.481 e. The van der Waals surface area contributed by atoms with Crippen molar-refractivity contribution >= 4 is 5.91 Å². The molecule has 5 heteroatoms. The first kappa shape index (κ1) is 15.4. The number of nitrogens with zero attached hydrogens (tertiary/aromatic N) is 1. The SMILES string of the molecule is CCN(CC)C(=O)COc1ccc([C@H](C)O)cc1F. The van der Waals surface area contributed by atoms with E-state index in [1.165, 1.54) is 12.1 Å². The lowest BCUT2D eigenvalue weighted by atomic mass is 10.1. The van der Waals surface area contributed by atoms with Gasteiger partial charge in [-0.3, -0.25) is 4.79 Å². The molecule has 1 atom stereocenters. The summed E-state index contributed by atoms with van der Waals surface area (Å²) in [6, 6.07) is 4.21. The summed E-state index contributed by atoms with van der Waals surface area (Å²) in [5.74, 6) is -0.736. The molecule has 0 aliphatic carbocycles. The zero-order valence-electron chi connectivity index (χ0n) is 11.5. The molecular formula is C14H20FNO3. The van der Waals surface area contributed by atoms with Gasteiger partial charge in [-0.15, -0.1) is 0 Å². The quantitative estimate of drug-likeness (QED) is 0.860. The van der Waals surface area contributed by atoms with E-state index < -0.39 is 11.9 Å². The molecule has 0 saturated heterocycles. The van der Waals surface area contributed by atoms with Crippen LogP contribution < -0.4 is 4.74 Å². The predicted octanol–water partition coefficient (Wildman–Crippen LogP) is 2.13. The second-order valence-electron chi connectivity index (χ2n) is 4.22. The fraction of sp³-hybridized carbons (Fsp3) is 0.500. The number of amides is 1. The van der Waals surface area contributed by atoms with E-state index in [0.29, 0.717) is 18.7 Å². The molecule has 1 amide bonds. The summed E-state index contributed by atoms with van der Waals surface area (Å²) < 4.78 is 18.8. The van der Waals surface area contributed by atoms with Crippen molar-refractivity contribution in [1.82, 2.24) is 4.90 Å². The average molecular weight is 269 g/mol. The van der Waals surface area contributed by atoms with Crippen LogP contribution in [0.2, 0.25) is 0 Å². The molecular weight excluding hydrogens is 249 g/mol. The second-order valence-corrected chi connectivity index (χ2v) is 4.22. The molecule has 1 aromatic carbocycles. The van der Waals surface area contributed by atoms with Gasteiger partial charge in [-0.1, -0.05) is 6.07 Å². The molecule has 0 aromatic heterocycles. The maximum absolute atomic E-state index is 13.7. The van der Waals surface area contributed by atoms with Crippen molar-refractivity contribution < 1.29 is 19.0 Å². The number of carbonyl (C=O) groups excluding carboxylic acids is 1. The van der Waals surface area contributed by atoms with E-state index in [4.69, 9.17) is 4.74 Å². The van der Waals surface area contributed by atoms with Gasteiger partial charge in [0, 0.05) is 13.1 Å². The number of hydrogen-bond donors (Lipinski definition) is 1. The third kappa shape index (κ3) is 4.21. The summed E-state index contributed by atoms with van der Waals surface area (Å²) >= 11 is 0. The maximum atomic E-state index is 13.7. The van der Waals surface area contributed by atoms with Crippen molar-refractivity contribution in [2.75, 3.05) is 19.7 Å². The number of aliphatic hydroxyl groups is 1. The fourth-order valence-corrected chi connectivity index (χ4v) is 1.70. The van der Waals surface area contributed by atoms with Crippen LogP contribution >= 0.6 is 0 Å². The van der Waals surface area contributed by atoms with Gasteiger partial charge < -0.3 is 14.7 Å². The van der Waals surface area contributed by atoms with Crippen LogP contribution in [0.3, 0.4) is 0 Å². The Labute approximate surface area is 112 Å². The van der Waals surface area contributed by atoms with Crippen LogP contribution in [0.25, 0.3) is 0 Å². The third-order valence-electron chi connectivity index (χ3n) is 2.91. The van der Waals surface area contributed by atoms with Crippen molar-refractivity contribution in [3.8, 4) is 5.75 Å². The van der Waals surface area contributed by atoms with Gasteiger partial charge in [-0.05, 0) is 38.5 Å². The molecule has 0 spiro atoms. The summed E-state index contributed by atoms with van der Waals surface area (Å²) in [5.41, 5.74) is 0.472. The van der Waals surface area contributed by atoms with Gasteiger partial charge in [0.1, 0.15) is 0 Å². The van der Waals surface area contributed by atoms with E-state index in [1.807, 2.05) is 13.8 Å². The first-order valence-electron chi connectivity index (χ1n) is 6.37. The number of likely N-dealkylation sites (N-methyl/N-ethyl adjacent to an activating group) is 1. The van der Waals surface area contributed by atoms with Crippen LogP contribution in [-0.4, -0.2) is 35.6 Å². The molecule has 0 aliphatic heterocycles. The first-order chi connectivity index (χ1) is 8.99. The van der Waals surface area contributed by atoms with Crippen LogP contribution in [0.15, 0.2) is 18.2 Å². The summed E-state index contributed by atoms with van der Waals surface area (Å²) in [6.07, 6.45) is -0.735. The molecule has 106 valence electrons. The predicted molar refractivity (Wildman–Crippen MR) is 70.5 cm³/mol. The number of halogens is 1. The van der Waals surface area contributed by atoms with Crippen LogP contribution in [0.5, 0.6) is 5.75 Å². The zero-order valence-corrected chi connectivity index (χ0v) is 11.5. The van der Waals surface area contributed by atoms with Gasteiger partial charge in [-0.25, -0.2) is 4.39 Å². The van der Waals surface area contributed by atoms with Crippen LogP contribution in [0.4, 0.5) is 4.39 Å². The van der Waals surface area contributed by atoms with Gasteiger partial charge in [0.05, 0.1) is 6.10 Å². The lowest BCUT2D eigenvalue weighted by Gasteiger charge is -2.18. The first-order valence-corrected chi connectivity index (χ1v) is 6.37. The minimum atomic E-state index is -0.735. The summed E-state index contributed by atoms with van der Waals surface area (Å²) in [5, 5.41) is 9.33. The lowest BCUT2D eigenvalue weighted by molar-refractivity contribution is -0.133. The molecule has 0 radical (unpaired) electrons. The van der Waals surface area contributed by atoms with E-state index in [-0.39, 0.29) is 18.3 Å². The highest BCUT2D eigenvalue weighted by Crippen LogP contribution is 2.21. The topological polar surface area (TPSA) is 49.8 Å². The van der Waals surface area contributed by atoms with E-state index in [0.717, 1.165) is 0 Å². The van der Waals surface area contributed by atoms with Crippen molar-refractivity contribution in [1.29, 1.82) is 0 Å². The lowest BCUT2D eigenvalue weighted by Crippen LogP contribution is -2.34. The zero-order chi connectivity index (χ0) is 14.4. The minimum absolute atomic E-state index is 0.0184. The summed E-state index contributed by atoms with van der Waals surface area (Å²) in [6.45, 7) is 6.31. The van der Waals surface area contributed by atoms with Crippen molar-refractivity contribution in [3.05, 3.63) is 29.6 Å². The van der Waals surface area contributed by atoms with E-state index >= 15 is 0 Å². The van der Waals surface area contributed by atoms with Gasteiger partial charge >= 0.3 is 0 Å². The fourth-order valence-electron chi connectivity index (χ4n) is 1.70. The molecule has 1 rings (SSSR count). The highest BCUT2D eigenvalue weighted by atomic mass is 19.1. The number of hydrogen-bond acceptors (Lipinski definition) is 3. The molecule has 4 nitrogen and oxygen atoms in total. The van der Waals surface area contributed by atoms with E-state index in [9.17, 15) is 14.3 Å².